The number of fused-ring (bicyclic) bond motifs is 11. The molecule has 0 aliphatic rings. The van der Waals surface area contributed by atoms with Crippen molar-refractivity contribution in [2.75, 3.05) is 0 Å². The molecule has 0 bridgehead atoms. The molecule has 0 fully saturated rings. The number of hydrogen-bond donors (Lipinski definition) is 0. The van der Waals surface area contributed by atoms with E-state index in [0.29, 0.717) is 0 Å². The molecular weight excluding hydrogens is 841 g/mol. The van der Waals surface area contributed by atoms with Crippen LogP contribution in [0.3, 0.4) is 0 Å². The van der Waals surface area contributed by atoms with Gasteiger partial charge in [0.05, 0.1) is 0 Å². The van der Waals surface area contributed by atoms with Crippen LogP contribution in [0.4, 0.5) is 0 Å². The van der Waals surface area contributed by atoms with Crippen LogP contribution in [0.25, 0.3) is 99.1 Å². The van der Waals surface area contributed by atoms with Gasteiger partial charge in [0.2, 0.25) is 0 Å². The molecule has 0 saturated heterocycles. The second-order valence-corrected chi connectivity index (χ2v) is 13.2. The number of pyridine rings is 2. The van der Waals surface area contributed by atoms with Gasteiger partial charge in [0.1, 0.15) is 11.2 Å². The summed E-state index contributed by atoms with van der Waals surface area (Å²) in [7, 11) is 0. The molecule has 54 heavy (non-hydrogen) atoms. The predicted octanol–water partition coefficient (Wildman–Crippen LogP) is 13.2. The summed E-state index contributed by atoms with van der Waals surface area (Å²) >= 11 is 0. The smallest absolute Gasteiger partial charge is 0.179 e. The van der Waals surface area contributed by atoms with Crippen molar-refractivity contribution >= 4 is 65.4 Å². The van der Waals surface area contributed by atoms with Crippen LogP contribution in [-0.4, -0.2) is 9.97 Å². The fourth-order valence-corrected chi connectivity index (χ4v) is 7.41. The maximum Gasteiger partial charge on any atom is 0.179 e. The Hall–Kier alpha value is -6.39. The van der Waals surface area contributed by atoms with Crippen LogP contribution < -0.4 is 0 Å². The van der Waals surface area contributed by atoms with Crippen molar-refractivity contribution in [3.05, 3.63) is 182 Å². The Morgan fingerprint density at radius 1 is 0.500 bits per heavy atom. The van der Waals surface area contributed by atoms with Crippen LogP contribution in [0.15, 0.2) is 173 Å². The van der Waals surface area contributed by atoms with Crippen molar-refractivity contribution < 1.29 is 28.9 Å². The van der Waals surface area contributed by atoms with E-state index in [1.165, 1.54) is 21.7 Å². The van der Waals surface area contributed by atoms with Crippen LogP contribution in [0.1, 0.15) is 5.56 Å². The molecule has 0 amide bonds. The molecule has 4 heterocycles. The van der Waals surface area contributed by atoms with Crippen molar-refractivity contribution in [3.8, 4) is 33.6 Å². The maximum atomic E-state index is 6.68. The molecule has 4 aromatic heterocycles. The van der Waals surface area contributed by atoms with Crippen molar-refractivity contribution in [3.63, 3.8) is 0 Å². The summed E-state index contributed by atoms with van der Waals surface area (Å²) in [4.78, 5) is 9.00. The fraction of sp³-hybridized carbons (Fsp3) is 0.0204. The Labute approximate surface area is 325 Å². The molecule has 0 aliphatic carbocycles. The second kappa shape index (κ2) is 13.9. The molecule has 1 radical (unpaired) electrons. The number of hydrogen-bond acceptors (Lipinski definition) is 4. The van der Waals surface area contributed by atoms with E-state index in [2.05, 4.69) is 119 Å². The first-order chi connectivity index (χ1) is 26.2. The van der Waals surface area contributed by atoms with E-state index in [9.17, 15) is 0 Å². The summed E-state index contributed by atoms with van der Waals surface area (Å²) < 4.78 is 13.3. The summed E-state index contributed by atoms with van der Waals surface area (Å²) in [6.07, 6.45) is 3.75. The van der Waals surface area contributed by atoms with Crippen LogP contribution in [0, 0.1) is 19.1 Å². The van der Waals surface area contributed by atoms with Gasteiger partial charge in [-0.2, -0.15) is 0 Å². The van der Waals surface area contributed by atoms with Crippen LogP contribution in [0.5, 0.6) is 0 Å². The minimum absolute atomic E-state index is 0. The minimum Gasteiger partial charge on any atom is -0.452 e. The van der Waals surface area contributed by atoms with Crippen LogP contribution >= 0.6 is 0 Å². The van der Waals surface area contributed by atoms with Gasteiger partial charge >= 0.3 is 0 Å². The molecule has 0 saturated carbocycles. The summed E-state index contributed by atoms with van der Waals surface area (Å²) in [6, 6.07) is 58.2. The summed E-state index contributed by atoms with van der Waals surface area (Å²) in [5, 5.41) is 8.98. The standard InChI is InChI=1S/C37H20NO2.C12H10N.Ir/c1-2-10-24(11-3-1)30-20-25(18-19-38-30)28-21-29-33-26-12-6-4-8-22(26)14-16-31(33)39-36(29)37-35(28)34-27-13-7-5-9-23(27)15-17-32(34)40-37;1-10-7-8-12(13-9-10)11-5-3-2-4-6-11;/h1-10,12-21H;2-5,7-9H,1H3;/q2*-1;. The molecule has 0 unspecified atom stereocenters. The third kappa shape index (κ3) is 5.75. The van der Waals surface area contributed by atoms with Crippen LogP contribution in [-0.2, 0) is 20.1 Å². The summed E-state index contributed by atoms with van der Waals surface area (Å²) in [5.41, 5.74) is 10.4. The largest absolute Gasteiger partial charge is 0.452 e. The predicted molar refractivity (Wildman–Crippen MR) is 217 cm³/mol. The minimum atomic E-state index is 0. The van der Waals surface area contributed by atoms with E-state index in [1.807, 2.05) is 73.9 Å². The zero-order valence-electron chi connectivity index (χ0n) is 29.1. The Kier molecular flexibility index (Phi) is 8.59. The zero-order chi connectivity index (χ0) is 35.3. The van der Waals surface area contributed by atoms with Gasteiger partial charge < -0.3 is 18.8 Å². The average molecular weight is 871 g/mol. The van der Waals surface area contributed by atoms with Gasteiger partial charge in [0, 0.05) is 54.0 Å². The molecular formula is C49H30IrN2O2-2. The maximum absolute atomic E-state index is 6.68. The molecule has 11 aromatic rings. The van der Waals surface area contributed by atoms with E-state index in [4.69, 9.17) is 8.83 Å². The Morgan fingerprint density at radius 2 is 1.13 bits per heavy atom. The van der Waals surface area contributed by atoms with Gasteiger partial charge in [0.25, 0.3) is 0 Å². The van der Waals surface area contributed by atoms with Gasteiger partial charge in [-0.15, -0.1) is 71.8 Å². The quantitative estimate of drug-likeness (QED) is 0.166. The number of rotatable bonds is 3. The topological polar surface area (TPSA) is 52.1 Å². The number of furan rings is 2. The second-order valence-electron chi connectivity index (χ2n) is 13.2. The zero-order valence-corrected chi connectivity index (χ0v) is 31.5. The molecule has 5 heteroatoms. The number of aromatic nitrogens is 2. The van der Waals surface area contributed by atoms with Crippen molar-refractivity contribution in [1.29, 1.82) is 0 Å². The molecule has 0 N–H and O–H groups in total. The number of aryl methyl sites for hydroxylation is 1. The first-order valence-electron chi connectivity index (χ1n) is 17.6. The van der Waals surface area contributed by atoms with E-state index < -0.39 is 0 Å². The molecule has 7 aromatic carbocycles. The van der Waals surface area contributed by atoms with Crippen molar-refractivity contribution in [2.45, 2.75) is 6.92 Å². The molecule has 259 valence electrons. The molecule has 0 atom stereocenters. The Morgan fingerprint density at radius 3 is 1.80 bits per heavy atom. The van der Waals surface area contributed by atoms with Gasteiger partial charge in [-0.1, -0.05) is 78.9 Å². The van der Waals surface area contributed by atoms with Crippen molar-refractivity contribution in [1.82, 2.24) is 9.97 Å². The van der Waals surface area contributed by atoms with Gasteiger partial charge in [0.15, 0.2) is 11.2 Å². The molecule has 0 aliphatic heterocycles. The van der Waals surface area contributed by atoms with Gasteiger partial charge in [-0.05, 0) is 80.8 Å². The fourth-order valence-electron chi connectivity index (χ4n) is 7.41. The Balaban J connectivity index is 0.000000234. The monoisotopic (exact) mass is 871 g/mol. The van der Waals surface area contributed by atoms with E-state index in [0.717, 1.165) is 82.9 Å². The molecule has 11 rings (SSSR count). The van der Waals surface area contributed by atoms with E-state index in [-0.39, 0.29) is 20.1 Å². The van der Waals surface area contributed by atoms with Gasteiger partial charge in [-0.3, -0.25) is 0 Å². The normalized spacial score (nSPS) is 11.3. The molecule has 4 nitrogen and oxygen atoms in total. The summed E-state index contributed by atoms with van der Waals surface area (Å²) in [5.74, 6) is 0. The third-order valence-corrected chi connectivity index (χ3v) is 9.91. The van der Waals surface area contributed by atoms with E-state index >= 15 is 0 Å². The summed E-state index contributed by atoms with van der Waals surface area (Å²) in [6.45, 7) is 2.03. The van der Waals surface area contributed by atoms with Crippen molar-refractivity contribution in [2.24, 2.45) is 0 Å². The first kappa shape index (κ1) is 33.4. The SMILES string of the molecule is Cc1ccc(-c2[c-]cccc2)nc1.[Ir].[c-]1ccccc1-c1cc(-c2cc3c(oc4ccc5ccccc5c43)c3oc4ccc5ccccc5c4c23)ccn1. The number of nitrogens with zero attached hydrogens (tertiary/aromatic N) is 2. The first-order valence-corrected chi connectivity index (χ1v) is 17.6. The molecule has 0 spiro atoms. The average Bonchev–Trinajstić information content (AvgIpc) is 3.81. The third-order valence-electron chi connectivity index (χ3n) is 9.91. The van der Waals surface area contributed by atoms with Gasteiger partial charge in [-0.25, -0.2) is 0 Å². The number of benzene rings is 7. The van der Waals surface area contributed by atoms with Crippen LogP contribution in [0.2, 0.25) is 0 Å². The Bertz CT molecular complexity index is 3110. The van der Waals surface area contributed by atoms with E-state index in [1.54, 1.807) is 0 Å².